The minimum absolute atomic E-state index is 0.0560. The number of aliphatic hydroxyl groups is 1. The van der Waals surface area contributed by atoms with Crippen LogP contribution < -0.4 is 0 Å². The highest BCUT2D eigenvalue weighted by Crippen LogP contribution is 2.22. The van der Waals surface area contributed by atoms with Crippen molar-refractivity contribution in [3.05, 3.63) is 17.0 Å². The van der Waals surface area contributed by atoms with Gasteiger partial charge in [-0.3, -0.25) is 9.89 Å². The van der Waals surface area contributed by atoms with Crippen molar-refractivity contribution in [1.29, 1.82) is 0 Å². The van der Waals surface area contributed by atoms with E-state index in [9.17, 15) is 9.90 Å². The number of methoxy groups -OCH3 is 1. The number of ether oxygens (including phenoxy) is 1. The van der Waals surface area contributed by atoms with E-state index < -0.39 is 6.10 Å². The van der Waals surface area contributed by atoms with Crippen molar-refractivity contribution in [3.63, 3.8) is 0 Å². The maximum atomic E-state index is 11.6. The van der Waals surface area contributed by atoms with Gasteiger partial charge in [0.05, 0.1) is 24.0 Å². The van der Waals surface area contributed by atoms with Gasteiger partial charge in [-0.2, -0.15) is 5.10 Å². The summed E-state index contributed by atoms with van der Waals surface area (Å²) in [4.78, 5) is 11.6. The maximum Gasteiger partial charge on any atom is 0.169 e. The minimum Gasteiger partial charge on any atom is -0.392 e. The summed E-state index contributed by atoms with van der Waals surface area (Å²) < 4.78 is 4.93. The number of Topliss-reactive ketones (excluding diaryl/α,β-unsaturated/α-hetero) is 1. The molecule has 5 heteroatoms. The molecule has 1 heterocycles. The molecule has 1 aliphatic rings. The van der Waals surface area contributed by atoms with Crippen molar-refractivity contribution >= 4 is 5.78 Å². The first-order chi connectivity index (χ1) is 6.72. The Labute approximate surface area is 81.1 Å². The van der Waals surface area contributed by atoms with Gasteiger partial charge in [-0.05, 0) is 0 Å². The number of nitrogens with zero attached hydrogens (tertiary/aromatic N) is 1. The van der Waals surface area contributed by atoms with Gasteiger partial charge in [-0.15, -0.1) is 0 Å². The molecule has 0 radical (unpaired) electrons. The van der Waals surface area contributed by atoms with Crippen LogP contribution in [0.3, 0.4) is 0 Å². The van der Waals surface area contributed by atoms with Crippen molar-refractivity contribution in [2.75, 3.05) is 7.11 Å². The van der Waals surface area contributed by atoms with E-state index in [1.54, 1.807) is 7.11 Å². The second-order valence-corrected chi connectivity index (χ2v) is 3.44. The molecule has 0 saturated heterocycles. The highest BCUT2D eigenvalue weighted by molar-refractivity contribution is 5.99. The number of rotatable bonds is 2. The first-order valence-corrected chi connectivity index (χ1v) is 4.48. The molecule has 0 spiro atoms. The zero-order chi connectivity index (χ0) is 10.1. The molecule has 1 aliphatic carbocycles. The van der Waals surface area contributed by atoms with Gasteiger partial charge in [0, 0.05) is 25.6 Å². The summed E-state index contributed by atoms with van der Waals surface area (Å²) in [7, 11) is 1.56. The van der Waals surface area contributed by atoms with Gasteiger partial charge in [-0.1, -0.05) is 0 Å². The summed E-state index contributed by atoms with van der Waals surface area (Å²) in [6.45, 7) is 0.327. The molecular formula is C9H12N2O3. The van der Waals surface area contributed by atoms with E-state index in [1.165, 1.54) is 0 Å². The minimum atomic E-state index is -0.578. The Balaban J connectivity index is 2.36. The number of aromatic nitrogens is 2. The Bertz CT molecular complexity index is 345. The third-order valence-electron chi connectivity index (χ3n) is 2.34. The summed E-state index contributed by atoms with van der Waals surface area (Å²) >= 11 is 0. The lowest BCUT2D eigenvalue weighted by Crippen LogP contribution is -2.24. The molecule has 0 amide bonds. The van der Waals surface area contributed by atoms with Crippen LogP contribution in [0.1, 0.15) is 28.2 Å². The highest BCUT2D eigenvalue weighted by atomic mass is 16.5. The summed E-state index contributed by atoms with van der Waals surface area (Å²) in [5.41, 5.74) is 1.97. The van der Waals surface area contributed by atoms with Crippen LogP contribution in [0.5, 0.6) is 0 Å². The van der Waals surface area contributed by atoms with Crippen LogP contribution in [-0.2, 0) is 17.8 Å². The summed E-state index contributed by atoms with van der Waals surface area (Å²) in [6.07, 6.45) is 0.0759. The van der Waals surface area contributed by atoms with E-state index in [2.05, 4.69) is 10.2 Å². The second kappa shape index (κ2) is 3.51. The Morgan fingerprint density at radius 3 is 3.14 bits per heavy atom. The SMILES string of the molecule is COCc1n[nH]c2c1C(=O)CC(O)C2. The van der Waals surface area contributed by atoms with Crippen molar-refractivity contribution in [2.24, 2.45) is 0 Å². The third kappa shape index (κ3) is 1.44. The molecule has 14 heavy (non-hydrogen) atoms. The van der Waals surface area contributed by atoms with Gasteiger partial charge in [0.1, 0.15) is 0 Å². The molecule has 2 N–H and O–H groups in total. The lowest BCUT2D eigenvalue weighted by molar-refractivity contribution is 0.0847. The number of ketones is 1. The predicted octanol–water partition coefficient (Wildman–Crippen LogP) is 0.0459. The largest absolute Gasteiger partial charge is 0.392 e. The fraction of sp³-hybridized carbons (Fsp3) is 0.556. The first-order valence-electron chi connectivity index (χ1n) is 4.48. The third-order valence-corrected chi connectivity index (χ3v) is 2.34. The van der Waals surface area contributed by atoms with E-state index in [0.717, 1.165) is 5.69 Å². The van der Waals surface area contributed by atoms with Crippen LogP contribution in [0.25, 0.3) is 0 Å². The number of nitrogens with one attached hydrogen (secondary N) is 1. The Kier molecular flexibility index (Phi) is 2.35. The second-order valence-electron chi connectivity index (χ2n) is 3.44. The zero-order valence-electron chi connectivity index (χ0n) is 7.91. The Hall–Kier alpha value is -1.20. The van der Waals surface area contributed by atoms with Gasteiger partial charge in [-0.25, -0.2) is 0 Å². The summed E-state index contributed by atoms with van der Waals surface area (Å²) in [5.74, 6) is -0.0560. The normalized spacial score (nSPS) is 21.0. The van der Waals surface area contributed by atoms with Crippen molar-refractivity contribution < 1.29 is 14.6 Å². The number of H-pyrrole nitrogens is 1. The first kappa shape index (κ1) is 9.36. The quantitative estimate of drug-likeness (QED) is 0.700. The lowest BCUT2D eigenvalue weighted by atomic mass is 9.92. The van der Waals surface area contributed by atoms with E-state index in [4.69, 9.17) is 4.74 Å². The standard InChI is InChI=1S/C9H12N2O3/c1-14-4-7-9-6(10-11-7)2-5(12)3-8(9)13/h5,12H,2-4H2,1H3,(H,10,11). The molecule has 0 aliphatic heterocycles. The highest BCUT2D eigenvalue weighted by Gasteiger charge is 2.28. The van der Waals surface area contributed by atoms with Crippen LogP contribution in [0.4, 0.5) is 0 Å². The number of carbonyl (C=O) groups is 1. The van der Waals surface area contributed by atoms with Crippen LogP contribution in [-0.4, -0.2) is 34.3 Å². The molecule has 5 nitrogen and oxygen atoms in total. The zero-order valence-corrected chi connectivity index (χ0v) is 7.91. The molecule has 0 aromatic carbocycles. The van der Waals surface area contributed by atoms with E-state index >= 15 is 0 Å². The van der Waals surface area contributed by atoms with Gasteiger partial charge in [0.2, 0.25) is 0 Å². The van der Waals surface area contributed by atoms with Crippen LogP contribution in [0, 0.1) is 0 Å². The molecule has 0 bridgehead atoms. The van der Waals surface area contributed by atoms with E-state index in [-0.39, 0.29) is 12.2 Å². The number of aromatic amines is 1. The Morgan fingerprint density at radius 2 is 2.43 bits per heavy atom. The van der Waals surface area contributed by atoms with E-state index in [1.807, 2.05) is 0 Å². The number of hydrogen-bond acceptors (Lipinski definition) is 4. The average Bonchev–Trinajstić information content (AvgIpc) is 2.49. The topological polar surface area (TPSA) is 75.2 Å². The smallest absolute Gasteiger partial charge is 0.169 e. The van der Waals surface area contributed by atoms with Crippen molar-refractivity contribution in [3.8, 4) is 0 Å². The van der Waals surface area contributed by atoms with E-state index in [0.29, 0.717) is 24.3 Å². The summed E-state index contributed by atoms with van der Waals surface area (Å²) in [6, 6.07) is 0. The number of aliphatic hydroxyl groups excluding tert-OH is 1. The molecule has 76 valence electrons. The van der Waals surface area contributed by atoms with Crippen molar-refractivity contribution in [1.82, 2.24) is 10.2 Å². The monoisotopic (exact) mass is 196 g/mol. The number of fused-ring (bicyclic) bond motifs is 1. The molecule has 2 rings (SSSR count). The fourth-order valence-corrected chi connectivity index (χ4v) is 1.76. The molecular weight excluding hydrogens is 184 g/mol. The fourth-order valence-electron chi connectivity index (χ4n) is 1.76. The van der Waals surface area contributed by atoms with Crippen LogP contribution >= 0.6 is 0 Å². The predicted molar refractivity (Wildman–Crippen MR) is 48.0 cm³/mol. The summed E-state index contributed by atoms with van der Waals surface area (Å²) in [5, 5.41) is 16.1. The van der Waals surface area contributed by atoms with Gasteiger partial charge >= 0.3 is 0 Å². The molecule has 0 fully saturated rings. The van der Waals surface area contributed by atoms with Crippen molar-refractivity contribution in [2.45, 2.75) is 25.6 Å². The molecule has 0 saturated carbocycles. The van der Waals surface area contributed by atoms with Gasteiger partial charge in [0.15, 0.2) is 5.78 Å². The van der Waals surface area contributed by atoms with Crippen LogP contribution in [0.2, 0.25) is 0 Å². The molecule has 1 unspecified atom stereocenters. The molecule has 1 aromatic rings. The van der Waals surface area contributed by atoms with Gasteiger partial charge in [0.25, 0.3) is 0 Å². The average molecular weight is 196 g/mol. The Morgan fingerprint density at radius 1 is 1.64 bits per heavy atom. The number of hydrogen-bond donors (Lipinski definition) is 2. The number of carbonyl (C=O) groups excluding carboxylic acids is 1. The molecule has 1 aromatic heterocycles. The lowest BCUT2D eigenvalue weighted by Gasteiger charge is -2.15. The molecule has 1 atom stereocenters. The van der Waals surface area contributed by atoms with Crippen LogP contribution in [0.15, 0.2) is 0 Å². The maximum absolute atomic E-state index is 11.6. The van der Waals surface area contributed by atoms with Gasteiger partial charge < -0.3 is 9.84 Å².